The van der Waals surface area contributed by atoms with Gasteiger partial charge in [0.2, 0.25) is 11.6 Å². The molecule has 0 spiro atoms. The summed E-state index contributed by atoms with van der Waals surface area (Å²) in [5.74, 6) is -10.2. The molecule has 0 aliphatic heterocycles. The maximum Gasteiger partial charge on any atom is 0.311 e. The Morgan fingerprint density at radius 1 is 1.17 bits per heavy atom. The summed E-state index contributed by atoms with van der Waals surface area (Å²) in [6.45, 7) is 2.35. The standard InChI is InChI=1S/C15H13F4NO3/c1-15(2)7(4-20)8(15)14(21)23-5-6-9(16)11(18)13(22-3)12(19)10(6)17/h7-8H,5H2,1-3H3/t7-,8-/m0/s1. The summed E-state index contributed by atoms with van der Waals surface area (Å²) in [7, 11) is 0.858. The van der Waals surface area contributed by atoms with Crippen molar-refractivity contribution in [1.82, 2.24) is 0 Å². The number of rotatable bonds is 4. The lowest BCUT2D eigenvalue weighted by Crippen LogP contribution is -2.14. The van der Waals surface area contributed by atoms with E-state index in [-0.39, 0.29) is 0 Å². The fourth-order valence-electron chi connectivity index (χ4n) is 2.51. The molecule has 1 aliphatic rings. The van der Waals surface area contributed by atoms with E-state index in [9.17, 15) is 22.4 Å². The third-order valence-electron chi connectivity index (χ3n) is 4.10. The Kier molecular flexibility index (Phi) is 4.24. The van der Waals surface area contributed by atoms with Crippen molar-refractivity contribution in [3.8, 4) is 11.8 Å². The second-order valence-corrected chi connectivity index (χ2v) is 5.78. The molecular formula is C15H13F4NO3. The summed E-state index contributed by atoms with van der Waals surface area (Å²) < 4.78 is 63.6. The third-order valence-corrected chi connectivity index (χ3v) is 4.10. The first kappa shape index (κ1) is 17.1. The van der Waals surface area contributed by atoms with Gasteiger partial charge < -0.3 is 9.47 Å². The maximum absolute atomic E-state index is 13.7. The minimum Gasteiger partial charge on any atom is -0.491 e. The lowest BCUT2D eigenvalue weighted by molar-refractivity contribution is -0.147. The zero-order valence-corrected chi connectivity index (χ0v) is 12.5. The molecule has 124 valence electrons. The highest BCUT2D eigenvalue weighted by Gasteiger charge is 2.63. The molecule has 0 radical (unpaired) electrons. The van der Waals surface area contributed by atoms with Crippen molar-refractivity contribution in [2.45, 2.75) is 20.5 Å². The van der Waals surface area contributed by atoms with Gasteiger partial charge in [-0.2, -0.15) is 14.0 Å². The smallest absolute Gasteiger partial charge is 0.311 e. The molecule has 0 heterocycles. The van der Waals surface area contributed by atoms with Crippen LogP contribution in [0.25, 0.3) is 0 Å². The van der Waals surface area contributed by atoms with Gasteiger partial charge in [0.15, 0.2) is 17.4 Å². The fraction of sp³-hybridized carbons (Fsp3) is 0.467. The SMILES string of the molecule is COc1c(F)c(F)c(COC(=O)[C@@H]2[C@H](C#N)C2(C)C)c(F)c1F. The molecule has 0 unspecified atom stereocenters. The predicted octanol–water partition coefficient (Wildman–Crippen LogP) is 3.09. The minimum absolute atomic E-state index is 0.575. The van der Waals surface area contributed by atoms with Crippen molar-refractivity contribution < 1.29 is 31.8 Å². The maximum atomic E-state index is 13.7. The Morgan fingerprint density at radius 2 is 1.70 bits per heavy atom. The summed E-state index contributed by atoms with van der Waals surface area (Å²) in [6.07, 6.45) is 0. The minimum atomic E-state index is -1.71. The summed E-state index contributed by atoms with van der Waals surface area (Å²) in [6, 6.07) is 1.93. The van der Waals surface area contributed by atoms with Crippen molar-refractivity contribution in [2.75, 3.05) is 7.11 Å². The van der Waals surface area contributed by atoms with Crippen LogP contribution in [0.5, 0.6) is 5.75 Å². The average Bonchev–Trinajstić information content (AvgIpc) is 3.07. The number of ether oxygens (including phenoxy) is 2. The largest absolute Gasteiger partial charge is 0.491 e. The van der Waals surface area contributed by atoms with E-state index in [0.717, 1.165) is 7.11 Å². The van der Waals surface area contributed by atoms with Crippen LogP contribution in [-0.2, 0) is 16.1 Å². The summed E-state index contributed by atoms with van der Waals surface area (Å²) in [5.41, 5.74) is -1.67. The van der Waals surface area contributed by atoms with Crippen LogP contribution in [0.3, 0.4) is 0 Å². The Bertz CT molecular complexity index is 683. The molecule has 23 heavy (non-hydrogen) atoms. The number of carbonyl (C=O) groups excluding carboxylic acids is 1. The van der Waals surface area contributed by atoms with E-state index in [2.05, 4.69) is 4.74 Å². The highest BCUT2D eigenvalue weighted by atomic mass is 19.2. The first-order valence-electron chi connectivity index (χ1n) is 6.63. The van der Waals surface area contributed by atoms with E-state index in [1.807, 2.05) is 6.07 Å². The molecule has 0 N–H and O–H groups in total. The average molecular weight is 331 g/mol. The number of hydrogen-bond acceptors (Lipinski definition) is 4. The topological polar surface area (TPSA) is 59.3 Å². The summed E-state index contributed by atoms with van der Waals surface area (Å²) in [4.78, 5) is 11.8. The predicted molar refractivity (Wildman–Crippen MR) is 69.0 cm³/mol. The second kappa shape index (κ2) is 5.72. The van der Waals surface area contributed by atoms with Gasteiger partial charge in [0, 0.05) is 0 Å². The van der Waals surface area contributed by atoms with Gasteiger partial charge in [-0.05, 0) is 5.41 Å². The molecule has 0 amide bonds. The Balaban J connectivity index is 2.20. The van der Waals surface area contributed by atoms with Crippen LogP contribution >= 0.6 is 0 Å². The summed E-state index contributed by atoms with van der Waals surface area (Å²) in [5, 5.41) is 8.87. The normalized spacial score (nSPS) is 21.5. The quantitative estimate of drug-likeness (QED) is 0.483. The number of nitrogens with zero attached hydrogens (tertiary/aromatic N) is 1. The number of carbonyl (C=O) groups is 1. The number of benzene rings is 1. The van der Waals surface area contributed by atoms with Crippen molar-refractivity contribution >= 4 is 5.97 Å². The van der Waals surface area contributed by atoms with Gasteiger partial charge in [-0.25, -0.2) is 8.78 Å². The lowest BCUT2D eigenvalue weighted by Gasteiger charge is -2.11. The van der Waals surface area contributed by atoms with Crippen LogP contribution in [0.2, 0.25) is 0 Å². The van der Waals surface area contributed by atoms with Gasteiger partial charge in [0.1, 0.15) is 6.61 Å². The molecule has 1 fully saturated rings. The Labute approximate surface area is 129 Å². The fourth-order valence-corrected chi connectivity index (χ4v) is 2.51. The molecule has 4 nitrogen and oxygen atoms in total. The lowest BCUT2D eigenvalue weighted by atomic mass is 10.1. The van der Waals surface area contributed by atoms with Crippen molar-refractivity contribution in [1.29, 1.82) is 5.26 Å². The number of halogens is 4. The van der Waals surface area contributed by atoms with Crippen molar-refractivity contribution in [3.63, 3.8) is 0 Å². The van der Waals surface area contributed by atoms with Crippen molar-refractivity contribution in [3.05, 3.63) is 28.8 Å². The molecule has 1 aromatic carbocycles. The molecule has 0 aromatic heterocycles. The monoisotopic (exact) mass is 331 g/mol. The molecule has 2 atom stereocenters. The van der Waals surface area contributed by atoms with Crippen LogP contribution < -0.4 is 4.74 Å². The van der Waals surface area contributed by atoms with E-state index < -0.39 is 64.4 Å². The Morgan fingerprint density at radius 3 is 2.09 bits per heavy atom. The number of hydrogen-bond donors (Lipinski definition) is 0. The van der Waals surface area contributed by atoms with Gasteiger partial charge in [-0.15, -0.1) is 0 Å². The van der Waals surface area contributed by atoms with Crippen LogP contribution in [0, 0.1) is 51.9 Å². The number of nitriles is 1. The van der Waals surface area contributed by atoms with E-state index in [0.29, 0.717) is 0 Å². The molecule has 1 saturated carbocycles. The second-order valence-electron chi connectivity index (χ2n) is 5.78. The molecule has 0 bridgehead atoms. The van der Waals surface area contributed by atoms with Crippen LogP contribution in [0.1, 0.15) is 19.4 Å². The van der Waals surface area contributed by atoms with Gasteiger partial charge in [0.05, 0.1) is 30.6 Å². The van der Waals surface area contributed by atoms with Crippen LogP contribution in [0.15, 0.2) is 0 Å². The zero-order chi connectivity index (χ0) is 17.5. The molecule has 1 aliphatic carbocycles. The highest BCUT2D eigenvalue weighted by molar-refractivity contribution is 5.78. The Hall–Kier alpha value is -2.30. The molecular weight excluding hydrogens is 318 g/mol. The van der Waals surface area contributed by atoms with Gasteiger partial charge in [-0.1, -0.05) is 13.8 Å². The molecule has 8 heteroatoms. The number of methoxy groups -OCH3 is 1. The highest BCUT2D eigenvalue weighted by Crippen LogP contribution is 2.58. The molecule has 2 rings (SSSR count). The van der Waals surface area contributed by atoms with Gasteiger partial charge >= 0.3 is 5.97 Å². The van der Waals surface area contributed by atoms with Crippen molar-refractivity contribution in [2.24, 2.45) is 17.3 Å². The zero-order valence-electron chi connectivity index (χ0n) is 12.5. The van der Waals surface area contributed by atoms with Crippen LogP contribution in [0.4, 0.5) is 17.6 Å². The first-order valence-corrected chi connectivity index (χ1v) is 6.63. The van der Waals surface area contributed by atoms with Crippen LogP contribution in [-0.4, -0.2) is 13.1 Å². The number of esters is 1. The third kappa shape index (κ3) is 2.60. The van der Waals surface area contributed by atoms with Gasteiger partial charge in [0.25, 0.3) is 0 Å². The molecule has 1 aromatic rings. The summed E-state index contributed by atoms with van der Waals surface area (Å²) >= 11 is 0. The first-order chi connectivity index (χ1) is 10.7. The van der Waals surface area contributed by atoms with E-state index in [1.54, 1.807) is 13.8 Å². The van der Waals surface area contributed by atoms with Gasteiger partial charge in [-0.3, -0.25) is 4.79 Å². The van der Waals surface area contributed by atoms with E-state index >= 15 is 0 Å². The molecule has 0 saturated heterocycles. The van der Waals surface area contributed by atoms with E-state index in [1.165, 1.54) is 0 Å². The van der Waals surface area contributed by atoms with E-state index in [4.69, 9.17) is 10.00 Å².